The van der Waals surface area contributed by atoms with Gasteiger partial charge in [-0.1, -0.05) is 29.8 Å². The molecule has 0 unspecified atom stereocenters. The molecule has 0 bridgehead atoms. The molecule has 2 aromatic rings. The fourth-order valence-corrected chi connectivity index (χ4v) is 5.50. The average Bonchev–Trinajstić information content (AvgIpc) is 3.16. The van der Waals surface area contributed by atoms with Crippen molar-refractivity contribution in [1.29, 1.82) is 0 Å². The largest absolute Gasteiger partial charge is 0.484 e. The van der Waals surface area contributed by atoms with Crippen molar-refractivity contribution in [3.63, 3.8) is 0 Å². The number of para-hydroxylation sites is 1. The summed E-state index contributed by atoms with van der Waals surface area (Å²) in [6, 6.07) is 16.4. The normalized spacial score (nSPS) is 18.1. The van der Waals surface area contributed by atoms with Crippen LogP contribution in [-0.2, 0) is 4.79 Å². The monoisotopic (exact) mass is 430 g/mol. The summed E-state index contributed by atoms with van der Waals surface area (Å²) in [6.07, 6.45) is 1.54. The number of carbonyl (C=O) groups is 2. The first-order valence-corrected chi connectivity index (χ1v) is 11.1. The number of amides is 2. The van der Waals surface area contributed by atoms with Gasteiger partial charge in [0.1, 0.15) is 5.75 Å². The topological polar surface area (TPSA) is 49.9 Å². The second-order valence-electron chi connectivity index (χ2n) is 7.24. The van der Waals surface area contributed by atoms with Crippen molar-refractivity contribution in [2.75, 3.05) is 32.0 Å². The zero-order valence-electron chi connectivity index (χ0n) is 16.1. The SMILES string of the molecule is O=C(COc1ccccc1)N1CCC2(CC1)SCCN2C(=O)c1ccc(Cl)cc1. The smallest absolute Gasteiger partial charge is 0.260 e. The van der Waals surface area contributed by atoms with Crippen LogP contribution in [0.15, 0.2) is 54.6 Å². The molecule has 0 radical (unpaired) electrons. The van der Waals surface area contributed by atoms with E-state index in [-0.39, 0.29) is 23.3 Å². The third-order valence-corrected chi connectivity index (χ3v) is 7.32. The van der Waals surface area contributed by atoms with E-state index in [0.29, 0.717) is 29.4 Å². The van der Waals surface area contributed by atoms with Crippen LogP contribution in [0.3, 0.4) is 0 Å². The van der Waals surface area contributed by atoms with Gasteiger partial charge in [-0.05, 0) is 49.2 Å². The lowest BCUT2D eigenvalue weighted by Gasteiger charge is -2.44. The first-order valence-electron chi connectivity index (χ1n) is 9.75. The van der Waals surface area contributed by atoms with Gasteiger partial charge in [0, 0.05) is 36.0 Å². The lowest BCUT2D eigenvalue weighted by molar-refractivity contribution is -0.135. The summed E-state index contributed by atoms with van der Waals surface area (Å²) in [5.74, 6) is 1.64. The van der Waals surface area contributed by atoms with Crippen LogP contribution < -0.4 is 4.74 Å². The molecule has 5 nitrogen and oxygen atoms in total. The molecule has 0 aromatic heterocycles. The number of carbonyl (C=O) groups excluding carboxylic acids is 2. The standard InChI is InChI=1S/C22H23ClN2O3S/c23-18-8-6-17(7-9-18)21(27)25-14-15-29-22(25)10-12-24(13-11-22)20(26)16-28-19-4-2-1-3-5-19/h1-9H,10-16H2. The molecule has 2 aromatic carbocycles. The summed E-state index contributed by atoms with van der Waals surface area (Å²) in [6.45, 7) is 2.04. The fraction of sp³-hybridized carbons (Fsp3) is 0.364. The predicted octanol–water partition coefficient (Wildman–Crippen LogP) is 3.93. The lowest BCUT2D eigenvalue weighted by atomic mass is 10.0. The maximum absolute atomic E-state index is 13.1. The molecule has 152 valence electrons. The number of nitrogens with zero attached hydrogens (tertiary/aromatic N) is 2. The van der Waals surface area contributed by atoms with Crippen LogP contribution in [0, 0.1) is 0 Å². The number of piperidine rings is 1. The summed E-state index contributed by atoms with van der Waals surface area (Å²) < 4.78 is 5.59. The van der Waals surface area contributed by atoms with E-state index >= 15 is 0 Å². The van der Waals surface area contributed by atoms with Gasteiger partial charge >= 0.3 is 0 Å². The van der Waals surface area contributed by atoms with Gasteiger partial charge in [-0.3, -0.25) is 9.59 Å². The van der Waals surface area contributed by atoms with Crippen LogP contribution in [0.1, 0.15) is 23.2 Å². The third kappa shape index (κ3) is 4.38. The van der Waals surface area contributed by atoms with Crippen LogP contribution in [0.2, 0.25) is 5.02 Å². The van der Waals surface area contributed by atoms with Crippen molar-refractivity contribution in [2.24, 2.45) is 0 Å². The van der Waals surface area contributed by atoms with Crippen LogP contribution in [0.4, 0.5) is 0 Å². The molecule has 4 rings (SSSR count). The molecule has 2 fully saturated rings. The average molecular weight is 431 g/mol. The van der Waals surface area contributed by atoms with Crippen LogP contribution in [0.25, 0.3) is 0 Å². The Labute approximate surface area is 180 Å². The van der Waals surface area contributed by atoms with Crippen LogP contribution in [-0.4, -0.2) is 58.5 Å². The lowest BCUT2D eigenvalue weighted by Crippen LogP contribution is -2.54. The highest BCUT2D eigenvalue weighted by atomic mass is 35.5. The van der Waals surface area contributed by atoms with E-state index in [0.717, 1.165) is 25.1 Å². The molecular formula is C22H23ClN2O3S. The third-order valence-electron chi connectivity index (χ3n) is 5.52. The number of rotatable bonds is 4. The van der Waals surface area contributed by atoms with E-state index in [2.05, 4.69) is 0 Å². The molecule has 0 aliphatic carbocycles. The van der Waals surface area contributed by atoms with Crippen LogP contribution >= 0.6 is 23.4 Å². The van der Waals surface area contributed by atoms with Gasteiger partial charge in [-0.2, -0.15) is 0 Å². The molecule has 29 heavy (non-hydrogen) atoms. The molecule has 2 amide bonds. The van der Waals surface area contributed by atoms with E-state index in [9.17, 15) is 9.59 Å². The van der Waals surface area contributed by atoms with E-state index in [1.165, 1.54) is 0 Å². The van der Waals surface area contributed by atoms with Gasteiger partial charge in [0.15, 0.2) is 6.61 Å². The molecule has 2 heterocycles. The molecule has 0 N–H and O–H groups in total. The van der Waals surface area contributed by atoms with Gasteiger partial charge in [-0.15, -0.1) is 11.8 Å². The minimum Gasteiger partial charge on any atom is -0.484 e. The molecule has 7 heteroatoms. The predicted molar refractivity (Wildman–Crippen MR) is 115 cm³/mol. The molecule has 2 aliphatic heterocycles. The van der Waals surface area contributed by atoms with Crippen molar-refractivity contribution in [1.82, 2.24) is 9.80 Å². The Balaban J connectivity index is 1.36. The summed E-state index contributed by atoms with van der Waals surface area (Å²) >= 11 is 7.79. The van der Waals surface area contributed by atoms with Crippen molar-refractivity contribution < 1.29 is 14.3 Å². The Morgan fingerprint density at radius 2 is 1.69 bits per heavy atom. The number of hydrogen-bond donors (Lipinski definition) is 0. The van der Waals surface area contributed by atoms with E-state index in [1.54, 1.807) is 24.3 Å². The van der Waals surface area contributed by atoms with Gasteiger partial charge in [0.05, 0.1) is 4.87 Å². The maximum atomic E-state index is 13.1. The van der Waals surface area contributed by atoms with E-state index < -0.39 is 0 Å². The quantitative estimate of drug-likeness (QED) is 0.737. The Morgan fingerprint density at radius 3 is 2.38 bits per heavy atom. The Morgan fingerprint density at radius 1 is 1.00 bits per heavy atom. The minimum atomic E-state index is -0.228. The highest BCUT2D eigenvalue weighted by Crippen LogP contribution is 2.44. The van der Waals surface area contributed by atoms with Crippen molar-refractivity contribution in [3.8, 4) is 5.75 Å². The van der Waals surface area contributed by atoms with Gasteiger partial charge in [0.2, 0.25) is 0 Å². The van der Waals surface area contributed by atoms with Gasteiger partial charge in [0.25, 0.3) is 11.8 Å². The van der Waals surface area contributed by atoms with E-state index in [4.69, 9.17) is 16.3 Å². The molecule has 2 aliphatic rings. The van der Waals surface area contributed by atoms with Gasteiger partial charge < -0.3 is 14.5 Å². The first kappa shape index (κ1) is 20.1. The first-order chi connectivity index (χ1) is 14.1. The molecule has 2 saturated heterocycles. The highest BCUT2D eigenvalue weighted by Gasteiger charge is 2.47. The summed E-state index contributed by atoms with van der Waals surface area (Å²) in [4.78, 5) is 29.2. The Hall–Kier alpha value is -2.18. The minimum absolute atomic E-state index is 0.0118. The zero-order valence-corrected chi connectivity index (χ0v) is 17.6. The van der Waals surface area contributed by atoms with Crippen molar-refractivity contribution in [2.45, 2.75) is 17.7 Å². The number of benzene rings is 2. The summed E-state index contributed by atoms with van der Waals surface area (Å²) in [5.41, 5.74) is 0.658. The molecule has 0 atom stereocenters. The number of thioether (sulfide) groups is 1. The van der Waals surface area contributed by atoms with Crippen molar-refractivity contribution >= 4 is 35.2 Å². The summed E-state index contributed by atoms with van der Waals surface area (Å²) in [7, 11) is 0. The zero-order chi connectivity index (χ0) is 20.3. The molecular weight excluding hydrogens is 408 g/mol. The molecule has 1 spiro atoms. The second-order valence-corrected chi connectivity index (χ2v) is 9.13. The van der Waals surface area contributed by atoms with Crippen molar-refractivity contribution in [3.05, 3.63) is 65.2 Å². The molecule has 0 saturated carbocycles. The fourth-order valence-electron chi connectivity index (χ4n) is 3.92. The number of likely N-dealkylation sites (tertiary alicyclic amines) is 1. The maximum Gasteiger partial charge on any atom is 0.260 e. The van der Waals surface area contributed by atoms with Gasteiger partial charge in [-0.25, -0.2) is 0 Å². The second kappa shape index (κ2) is 8.67. The Kier molecular flexibility index (Phi) is 6.01. The highest BCUT2D eigenvalue weighted by molar-refractivity contribution is 8.00. The number of ether oxygens (including phenoxy) is 1. The number of halogens is 1. The van der Waals surface area contributed by atoms with Crippen LogP contribution in [0.5, 0.6) is 5.75 Å². The Bertz CT molecular complexity index is 867. The number of hydrogen-bond acceptors (Lipinski definition) is 4. The van der Waals surface area contributed by atoms with E-state index in [1.807, 2.05) is 51.9 Å². The summed E-state index contributed by atoms with van der Waals surface area (Å²) in [5, 5.41) is 0.622.